The molecule has 1 aliphatic heterocycles. The van der Waals surface area contributed by atoms with E-state index in [1.54, 1.807) is 12.0 Å². The number of halogens is 1. The van der Waals surface area contributed by atoms with Crippen LogP contribution >= 0.6 is 0 Å². The first kappa shape index (κ1) is 23.5. The molecule has 4 heterocycles. The van der Waals surface area contributed by atoms with Gasteiger partial charge in [0.25, 0.3) is 0 Å². The third-order valence-electron chi connectivity index (χ3n) is 7.58. The summed E-state index contributed by atoms with van der Waals surface area (Å²) in [6.45, 7) is 0.802. The number of rotatable bonds is 5. The Hall–Kier alpha value is -3.85. The molecule has 1 aliphatic carbocycles. The Morgan fingerprint density at radius 3 is 2.76 bits per heavy atom. The van der Waals surface area contributed by atoms with Crippen LogP contribution in [0.25, 0.3) is 33.5 Å². The first-order valence-electron chi connectivity index (χ1n) is 12.6. The summed E-state index contributed by atoms with van der Waals surface area (Å²) >= 11 is 0. The van der Waals surface area contributed by atoms with Gasteiger partial charge < -0.3 is 14.7 Å². The largest absolute Gasteiger partial charge is 0.494 e. The van der Waals surface area contributed by atoms with Gasteiger partial charge in [0, 0.05) is 60.9 Å². The van der Waals surface area contributed by atoms with Crippen molar-refractivity contribution in [2.24, 2.45) is 0 Å². The number of ether oxygens (including phenoxy) is 1. The number of methoxy groups -OCH3 is 1. The Kier molecular flexibility index (Phi) is 6.08. The van der Waals surface area contributed by atoms with E-state index in [9.17, 15) is 9.18 Å². The zero-order chi connectivity index (χ0) is 25.5. The molecule has 2 aliphatic rings. The van der Waals surface area contributed by atoms with Crippen molar-refractivity contribution in [1.29, 1.82) is 0 Å². The number of pyridine rings is 2. The summed E-state index contributed by atoms with van der Waals surface area (Å²) in [7, 11) is 1.61. The summed E-state index contributed by atoms with van der Waals surface area (Å²) in [6, 6.07) is 11.8. The molecule has 1 atom stereocenters. The normalized spacial score (nSPS) is 17.8. The van der Waals surface area contributed by atoms with E-state index in [1.165, 1.54) is 0 Å². The summed E-state index contributed by atoms with van der Waals surface area (Å²) in [5.74, 6) is 0.653. The molecule has 1 unspecified atom stereocenters. The van der Waals surface area contributed by atoms with Gasteiger partial charge in [-0.15, -0.1) is 0 Å². The minimum atomic E-state index is -0.873. The minimum Gasteiger partial charge on any atom is -0.494 e. The van der Waals surface area contributed by atoms with Crippen LogP contribution in [0.5, 0.6) is 5.75 Å². The number of aromatic nitrogens is 4. The number of piperidine rings is 1. The maximum atomic E-state index is 14.2. The van der Waals surface area contributed by atoms with Gasteiger partial charge in [-0.25, -0.2) is 9.37 Å². The summed E-state index contributed by atoms with van der Waals surface area (Å²) in [5.41, 5.74) is 7.54. The molecule has 1 saturated heterocycles. The lowest BCUT2D eigenvalue weighted by molar-refractivity contribution is -0.135. The number of likely N-dealkylation sites (tertiary alicyclic amines) is 1. The maximum Gasteiger partial charge on any atom is 0.248 e. The predicted molar refractivity (Wildman–Crippen MR) is 137 cm³/mol. The fourth-order valence-corrected chi connectivity index (χ4v) is 5.61. The summed E-state index contributed by atoms with van der Waals surface area (Å²) in [4.78, 5) is 23.1. The first-order chi connectivity index (χ1) is 18.1. The van der Waals surface area contributed by atoms with E-state index in [4.69, 9.17) is 19.8 Å². The highest BCUT2D eigenvalue weighted by Gasteiger charge is 2.27. The van der Waals surface area contributed by atoms with Gasteiger partial charge in [-0.3, -0.25) is 14.9 Å². The van der Waals surface area contributed by atoms with Crippen LogP contribution in [-0.4, -0.2) is 69.1 Å². The van der Waals surface area contributed by atoms with Crippen LogP contribution in [0.1, 0.15) is 35.6 Å². The van der Waals surface area contributed by atoms with Gasteiger partial charge in [0.05, 0.1) is 12.6 Å². The molecule has 0 saturated carbocycles. The molecule has 1 fully saturated rings. The molecule has 6 rings (SSSR count). The van der Waals surface area contributed by atoms with Crippen LogP contribution in [0.3, 0.4) is 0 Å². The number of hydrogen-bond acceptors (Lipinski definition) is 6. The van der Waals surface area contributed by atoms with Gasteiger partial charge >= 0.3 is 0 Å². The number of alkyl halides is 1. The number of benzene rings is 1. The summed E-state index contributed by atoms with van der Waals surface area (Å²) in [6.07, 6.45) is 3.38. The minimum absolute atomic E-state index is 0.222. The number of nitrogens with zero attached hydrogens (tertiary/aromatic N) is 4. The third-order valence-corrected chi connectivity index (χ3v) is 7.58. The van der Waals surface area contributed by atoms with E-state index >= 15 is 0 Å². The molecule has 4 aromatic rings. The van der Waals surface area contributed by atoms with Gasteiger partial charge in [-0.2, -0.15) is 5.10 Å². The molecule has 1 aromatic carbocycles. The molecule has 0 spiro atoms. The maximum absolute atomic E-state index is 14.2. The number of hydrogen-bond donors (Lipinski definition) is 2. The van der Waals surface area contributed by atoms with Crippen molar-refractivity contribution in [2.75, 3.05) is 26.8 Å². The van der Waals surface area contributed by atoms with E-state index < -0.39 is 12.8 Å². The van der Waals surface area contributed by atoms with Crippen LogP contribution in [0.4, 0.5) is 4.39 Å². The molecule has 0 radical (unpaired) electrons. The molecule has 8 nitrogen and oxygen atoms in total. The first-order valence-corrected chi connectivity index (χ1v) is 12.6. The van der Waals surface area contributed by atoms with E-state index in [0.29, 0.717) is 48.6 Å². The number of fused-ring (bicyclic) bond motifs is 2. The number of carbonyl (C=O) groups is 1. The molecule has 1 amide bonds. The van der Waals surface area contributed by atoms with Crippen molar-refractivity contribution in [3.05, 3.63) is 59.4 Å². The number of nitrogens with one attached hydrogen (secondary N) is 1. The zero-order valence-electron chi connectivity index (χ0n) is 20.6. The van der Waals surface area contributed by atoms with E-state index in [1.807, 2.05) is 42.6 Å². The quantitative estimate of drug-likeness (QED) is 0.431. The highest BCUT2D eigenvalue weighted by atomic mass is 19.1. The lowest BCUT2D eigenvalue weighted by atomic mass is 9.92. The van der Waals surface area contributed by atoms with Crippen LogP contribution in [0.2, 0.25) is 0 Å². The highest BCUT2D eigenvalue weighted by molar-refractivity contribution is 5.93. The number of aromatic amines is 1. The average Bonchev–Trinajstić information content (AvgIpc) is 3.54. The number of aliphatic hydroxyl groups is 1. The second-order valence-electron chi connectivity index (χ2n) is 9.74. The highest BCUT2D eigenvalue weighted by Crippen LogP contribution is 2.39. The number of amides is 1. The lowest BCUT2D eigenvalue weighted by Gasteiger charge is -2.31. The van der Waals surface area contributed by atoms with Crippen molar-refractivity contribution in [3.63, 3.8) is 0 Å². The number of carbonyl (C=O) groups excluding carboxylic acids is 1. The Bertz CT molecular complexity index is 1460. The van der Waals surface area contributed by atoms with E-state index in [0.717, 1.165) is 46.3 Å². The number of aliphatic hydroxyl groups excluding tert-OH is 1. The van der Waals surface area contributed by atoms with Gasteiger partial charge in [0.1, 0.15) is 35.4 Å². The summed E-state index contributed by atoms with van der Waals surface area (Å²) in [5, 5.41) is 16.7. The molecule has 2 N–H and O–H groups in total. The van der Waals surface area contributed by atoms with Crippen molar-refractivity contribution >= 4 is 16.9 Å². The fourth-order valence-electron chi connectivity index (χ4n) is 5.61. The van der Waals surface area contributed by atoms with Crippen LogP contribution in [0.15, 0.2) is 42.6 Å². The molecule has 37 heavy (non-hydrogen) atoms. The second-order valence-corrected chi connectivity index (χ2v) is 9.74. The van der Waals surface area contributed by atoms with E-state index in [2.05, 4.69) is 10.2 Å². The Morgan fingerprint density at radius 2 is 2.03 bits per heavy atom. The fraction of sp³-hybridized carbons (Fsp3) is 0.357. The van der Waals surface area contributed by atoms with Crippen LogP contribution < -0.4 is 4.74 Å². The second kappa shape index (κ2) is 9.55. The summed E-state index contributed by atoms with van der Waals surface area (Å²) < 4.78 is 19.9. The standard InChI is InChI=1S/C28H28FN5O3/c1-37-24-13-23-28(31-27(24)20-4-2-3-17-11-19(29)12-21(17)20)26(33-32-23)18-5-6-22(30-14-18)16-7-9-34(10-8-16)25(36)15-35/h2-6,13-14,16,19,35H,7-12,15H2,1H3,(H,32,33). The molecule has 9 heteroatoms. The average molecular weight is 502 g/mol. The smallest absolute Gasteiger partial charge is 0.248 e. The van der Waals surface area contributed by atoms with Crippen molar-refractivity contribution in [1.82, 2.24) is 25.1 Å². The molecule has 3 aromatic heterocycles. The molecule has 0 bridgehead atoms. The van der Waals surface area contributed by atoms with Crippen LogP contribution in [0, 0.1) is 0 Å². The SMILES string of the molecule is COc1cc2[nH]nc(-c3ccc(C4CCN(C(=O)CO)CC4)nc3)c2nc1-c1cccc2c1CC(F)C2. The molecular weight excluding hydrogens is 473 g/mol. The third kappa shape index (κ3) is 4.23. The predicted octanol–water partition coefficient (Wildman–Crippen LogP) is 3.83. The van der Waals surface area contributed by atoms with Crippen molar-refractivity contribution < 1.29 is 19.0 Å². The monoisotopic (exact) mass is 501 g/mol. The van der Waals surface area contributed by atoms with Gasteiger partial charge in [0.15, 0.2) is 0 Å². The van der Waals surface area contributed by atoms with Crippen molar-refractivity contribution in [3.8, 4) is 28.3 Å². The van der Waals surface area contributed by atoms with E-state index in [-0.39, 0.29) is 11.8 Å². The van der Waals surface area contributed by atoms with Crippen molar-refractivity contribution in [2.45, 2.75) is 37.8 Å². The molecular formula is C28H28FN5O3. The van der Waals surface area contributed by atoms with Crippen LogP contribution in [-0.2, 0) is 17.6 Å². The van der Waals surface area contributed by atoms with Gasteiger partial charge in [-0.1, -0.05) is 18.2 Å². The van der Waals surface area contributed by atoms with Gasteiger partial charge in [-0.05, 0) is 36.1 Å². The number of H-pyrrole nitrogens is 1. The van der Waals surface area contributed by atoms with Gasteiger partial charge in [0.2, 0.25) is 5.91 Å². The Balaban J connectivity index is 1.32. The zero-order valence-corrected chi connectivity index (χ0v) is 20.6. The topological polar surface area (TPSA) is 104 Å². The molecule has 190 valence electrons. The Morgan fingerprint density at radius 1 is 1.19 bits per heavy atom. The lowest BCUT2D eigenvalue weighted by Crippen LogP contribution is -2.39. The Labute approximate surface area is 213 Å².